The Morgan fingerprint density at radius 1 is 0.392 bits per heavy atom. The molecule has 0 bridgehead atoms. The van der Waals surface area contributed by atoms with Crippen molar-refractivity contribution in [3.05, 3.63) is 134 Å². The predicted octanol–water partition coefficient (Wildman–Crippen LogP) is 16.6. The number of carbonyl (C=O) groups is 3. The van der Waals surface area contributed by atoms with Crippen LogP contribution in [0.1, 0.15) is 201 Å². The lowest BCUT2D eigenvalue weighted by Crippen LogP contribution is -2.30. The minimum atomic E-state index is -4.78. The fraction of sp³-hybridized carbons (Fsp3) is 0.597. The van der Waals surface area contributed by atoms with Gasteiger partial charge in [-0.3, -0.25) is 23.4 Å². The number of esters is 3. The van der Waals surface area contributed by atoms with Gasteiger partial charge in [0.15, 0.2) is 6.10 Å². The number of carbonyl (C=O) groups excluding carboxylic acids is 3. The smallest absolute Gasteiger partial charge is 0.462 e. The quantitative estimate of drug-likeness (QED) is 0.0197. The Kier molecular flexibility index (Phi) is 51.6. The summed E-state index contributed by atoms with van der Waals surface area (Å²) in [6.07, 6.45) is 68.6. The standard InChI is InChI=1S/C62H99O11P/c1-4-7-10-13-16-19-22-25-27-28-29-30-32-34-36-39-42-45-48-51-60(64)69-55-59(73-62(66)53-50-47-44-41-38-35-31-26-23-20-17-14-11-8-5-2)57-71-74(67,68)70-56-58(54-63)72-61(65)52-49-46-43-40-37-33-24-21-18-15-12-9-6-3/h7,9-10,12,16-21,25-27,29-31,33-34,36-37,42,45,58-59,63H,4-6,8,11,13-15,22-24,28,32,35,38-41,43-44,46-57H2,1-3H3,(H,67,68)/b10-7-,12-9-,19-16-,20-17-,21-18-,27-25-,30-29-,31-26-,36-34-,37-33-,45-42-. The van der Waals surface area contributed by atoms with Crippen LogP contribution in [0, 0.1) is 0 Å². The predicted molar refractivity (Wildman–Crippen MR) is 306 cm³/mol. The molecule has 418 valence electrons. The summed E-state index contributed by atoms with van der Waals surface area (Å²) < 4.78 is 39.3. The zero-order chi connectivity index (χ0) is 54.1. The van der Waals surface area contributed by atoms with Crippen molar-refractivity contribution < 1.29 is 52.2 Å². The summed E-state index contributed by atoms with van der Waals surface area (Å²) in [6, 6.07) is 0. The minimum absolute atomic E-state index is 0.0890. The molecule has 2 N–H and O–H groups in total. The highest BCUT2D eigenvalue weighted by molar-refractivity contribution is 7.47. The summed E-state index contributed by atoms with van der Waals surface area (Å²) in [5, 5.41) is 9.79. The summed E-state index contributed by atoms with van der Waals surface area (Å²) in [5.74, 6) is -1.63. The van der Waals surface area contributed by atoms with E-state index in [4.69, 9.17) is 23.3 Å². The van der Waals surface area contributed by atoms with Crippen LogP contribution in [0.25, 0.3) is 0 Å². The van der Waals surface area contributed by atoms with Crippen LogP contribution in [-0.2, 0) is 42.2 Å². The van der Waals surface area contributed by atoms with E-state index in [1.165, 1.54) is 19.3 Å². The van der Waals surface area contributed by atoms with E-state index < -0.39 is 64.4 Å². The first-order valence-corrected chi connectivity index (χ1v) is 29.6. The van der Waals surface area contributed by atoms with Crippen LogP contribution >= 0.6 is 7.82 Å². The van der Waals surface area contributed by atoms with E-state index in [9.17, 15) is 28.9 Å². The van der Waals surface area contributed by atoms with Gasteiger partial charge < -0.3 is 24.2 Å². The van der Waals surface area contributed by atoms with Crippen molar-refractivity contribution in [3.8, 4) is 0 Å². The third-order valence-corrected chi connectivity index (χ3v) is 12.0. The highest BCUT2D eigenvalue weighted by Crippen LogP contribution is 2.43. The van der Waals surface area contributed by atoms with E-state index in [1.807, 2.05) is 12.2 Å². The molecule has 0 aliphatic heterocycles. The summed E-state index contributed by atoms with van der Waals surface area (Å²) in [4.78, 5) is 48.4. The van der Waals surface area contributed by atoms with E-state index >= 15 is 0 Å². The van der Waals surface area contributed by atoms with Gasteiger partial charge in [0.05, 0.1) is 19.8 Å². The number of hydrogen-bond donors (Lipinski definition) is 2. The van der Waals surface area contributed by atoms with Gasteiger partial charge in [-0.15, -0.1) is 0 Å². The average molecular weight is 1050 g/mol. The van der Waals surface area contributed by atoms with Gasteiger partial charge in [-0.05, 0) is 122 Å². The number of phosphoric acid groups is 1. The molecule has 0 aromatic carbocycles. The van der Waals surface area contributed by atoms with E-state index in [0.717, 1.165) is 122 Å². The molecule has 0 amide bonds. The average Bonchev–Trinajstić information content (AvgIpc) is 3.39. The largest absolute Gasteiger partial charge is 0.472 e. The molecular formula is C62H99O11P. The lowest BCUT2D eigenvalue weighted by Gasteiger charge is -2.21. The third-order valence-electron chi connectivity index (χ3n) is 11.1. The second kappa shape index (κ2) is 54.9. The van der Waals surface area contributed by atoms with Gasteiger partial charge in [-0.2, -0.15) is 0 Å². The zero-order valence-electron chi connectivity index (χ0n) is 46.0. The van der Waals surface area contributed by atoms with Crippen molar-refractivity contribution in [2.45, 2.75) is 213 Å². The van der Waals surface area contributed by atoms with Gasteiger partial charge in [0.1, 0.15) is 12.7 Å². The fourth-order valence-corrected chi connectivity index (χ4v) is 7.62. The van der Waals surface area contributed by atoms with E-state index in [0.29, 0.717) is 19.3 Å². The molecule has 0 radical (unpaired) electrons. The van der Waals surface area contributed by atoms with E-state index in [-0.39, 0.29) is 19.3 Å². The normalized spacial score (nSPS) is 14.4. The number of unbranched alkanes of at least 4 members (excludes halogenated alkanes) is 11. The Balaban J connectivity index is 4.91. The van der Waals surface area contributed by atoms with E-state index in [1.54, 1.807) is 0 Å². The molecule has 0 aromatic rings. The number of aliphatic hydroxyl groups is 1. The molecule has 0 saturated heterocycles. The molecule has 11 nitrogen and oxygen atoms in total. The van der Waals surface area contributed by atoms with Crippen molar-refractivity contribution in [1.82, 2.24) is 0 Å². The van der Waals surface area contributed by atoms with Crippen molar-refractivity contribution in [2.24, 2.45) is 0 Å². The van der Waals surface area contributed by atoms with Crippen LogP contribution in [0.3, 0.4) is 0 Å². The van der Waals surface area contributed by atoms with Crippen molar-refractivity contribution in [3.63, 3.8) is 0 Å². The minimum Gasteiger partial charge on any atom is -0.462 e. The topological polar surface area (TPSA) is 155 Å². The highest BCUT2D eigenvalue weighted by Gasteiger charge is 2.28. The Bertz CT molecular complexity index is 1750. The monoisotopic (exact) mass is 1050 g/mol. The third kappa shape index (κ3) is 52.5. The summed E-state index contributed by atoms with van der Waals surface area (Å²) in [5.41, 5.74) is 0. The maximum Gasteiger partial charge on any atom is 0.472 e. The Morgan fingerprint density at radius 3 is 1.15 bits per heavy atom. The lowest BCUT2D eigenvalue weighted by atomic mass is 10.1. The van der Waals surface area contributed by atoms with Gasteiger partial charge in [-0.25, -0.2) is 4.57 Å². The van der Waals surface area contributed by atoms with Crippen LogP contribution in [0.15, 0.2) is 134 Å². The van der Waals surface area contributed by atoms with Gasteiger partial charge in [0, 0.05) is 19.3 Å². The van der Waals surface area contributed by atoms with Crippen molar-refractivity contribution in [1.29, 1.82) is 0 Å². The van der Waals surface area contributed by atoms with Crippen LogP contribution in [0.4, 0.5) is 0 Å². The molecule has 12 heteroatoms. The highest BCUT2D eigenvalue weighted by atomic mass is 31.2. The number of ether oxygens (including phenoxy) is 3. The summed E-state index contributed by atoms with van der Waals surface area (Å²) >= 11 is 0. The molecular weight excluding hydrogens is 952 g/mol. The zero-order valence-corrected chi connectivity index (χ0v) is 46.9. The van der Waals surface area contributed by atoms with Crippen LogP contribution in [0.5, 0.6) is 0 Å². The molecule has 0 fully saturated rings. The Morgan fingerprint density at radius 2 is 0.730 bits per heavy atom. The van der Waals surface area contributed by atoms with Crippen molar-refractivity contribution >= 4 is 25.7 Å². The van der Waals surface area contributed by atoms with Crippen LogP contribution in [-0.4, -0.2) is 66.5 Å². The fourth-order valence-electron chi connectivity index (χ4n) is 6.84. The SMILES string of the molecule is CC/C=C\C/C=C\C/C=C\C/C=C\C/C=C\C/C=C\CCC(=O)OCC(COP(=O)(O)OCC(CO)OC(=O)CCCCC/C=C\C/C=C\C/C=C\CC)OC(=O)CCCCCCC/C=C\C/C=C\CCCCC. The number of rotatable bonds is 50. The molecule has 0 heterocycles. The Labute approximate surface area is 449 Å². The first kappa shape index (κ1) is 69.6. The number of phosphoric ester groups is 1. The molecule has 0 saturated carbocycles. The van der Waals surface area contributed by atoms with Gasteiger partial charge in [-0.1, -0.05) is 193 Å². The summed E-state index contributed by atoms with van der Waals surface area (Å²) in [7, 11) is -4.78. The summed E-state index contributed by atoms with van der Waals surface area (Å²) in [6.45, 7) is 4.23. The molecule has 0 aliphatic rings. The second-order valence-corrected chi connectivity index (χ2v) is 19.4. The molecule has 3 unspecified atom stereocenters. The first-order valence-electron chi connectivity index (χ1n) is 28.1. The van der Waals surface area contributed by atoms with Gasteiger partial charge in [0.2, 0.25) is 0 Å². The number of hydrogen-bond acceptors (Lipinski definition) is 10. The molecule has 3 atom stereocenters. The van der Waals surface area contributed by atoms with Gasteiger partial charge in [0.25, 0.3) is 0 Å². The van der Waals surface area contributed by atoms with Crippen LogP contribution in [0.2, 0.25) is 0 Å². The molecule has 0 aliphatic carbocycles. The maximum absolute atomic E-state index is 12.9. The molecule has 0 rings (SSSR count). The molecule has 74 heavy (non-hydrogen) atoms. The Hall–Kier alpha value is -4.38. The second-order valence-electron chi connectivity index (χ2n) is 18.0. The number of allylic oxidation sites excluding steroid dienone is 22. The maximum atomic E-state index is 12.9. The first-order chi connectivity index (χ1) is 36.2. The number of aliphatic hydroxyl groups excluding tert-OH is 1. The van der Waals surface area contributed by atoms with Crippen molar-refractivity contribution in [2.75, 3.05) is 26.4 Å². The lowest BCUT2D eigenvalue weighted by molar-refractivity contribution is -0.161. The van der Waals surface area contributed by atoms with Crippen LogP contribution < -0.4 is 0 Å². The van der Waals surface area contributed by atoms with E-state index in [2.05, 4.69) is 142 Å². The molecule has 0 aromatic heterocycles. The molecule has 0 spiro atoms. The van der Waals surface area contributed by atoms with Gasteiger partial charge >= 0.3 is 25.7 Å².